The van der Waals surface area contributed by atoms with Crippen molar-refractivity contribution in [2.75, 3.05) is 5.32 Å². The maximum absolute atomic E-state index is 13.6. The van der Waals surface area contributed by atoms with E-state index in [-0.39, 0.29) is 27.9 Å². The molecule has 0 spiro atoms. The van der Waals surface area contributed by atoms with E-state index in [4.69, 9.17) is 27.9 Å². The summed E-state index contributed by atoms with van der Waals surface area (Å²) in [7, 11) is 1.68. The van der Waals surface area contributed by atoms with Crippen molar-refractivity contribution < 1.29 is 9.53 Å². The Bertz CT molecular complexity index is 2070. The van der Waals surface area contributed by atoms with Crippen LogP contribution in [0.4, 0.5) is 5.69 Å². The number of halogens is 2. The van der Waals surface area contributed by atoms with Crippen LogP contribution in [-0.2, 0) is 11.8 Å². The SMILES string of the molecule is Cc1cccn2c(=O)c(C=C(C#N)C(=O)Nc3c(C)n(C)n(-c4ccccc4)c3=O)c(Oc3ccc(Cl)cc3Cl)nc12. The molecule has 42 heavy (non-hydrogen) atoms. The predicted octanol–water partition coefficient (Wildman–Crippen LogP) is 5.45. The highest BCUT2D eigenvalue weighted by Crippen LogP contribution is 2.32. The van der Waals surface area contributed by atoms with Crippen LogP contribution >= 0.6 is 23.2 Å². The Hall–Kier alpha value is -5.11. The van der Waals surface area contributed by atoms with E-state index in [2.05, 4.69) is 10.3 Å². The molecule has 1 N–H and O–H groups in total. The molecule has 2 aromatic carbocycles. The number of carbonyl (C=O) groups excluding carboxylic acids is 1. The number of hydrogen-bond acceptors (Lipinski definition) is 6. The maximum atomic E-state index is 13.6. The number of aryl methyl sites for hydroxylation is 1. The van der Waals surface area contributed by atoms with E-state index in [1.807, 2.05) is 12.1 Å². The average Bonchev–Trinajstić information content (AvgIpc) is 3.18. The van der Waals surface area contributed by atoms with Crippen LogP contribution in [0.25, 0.3) is 17.4 Å². The molecule has 0 aliphatic rings. The number of anilines is 1. The molecule has 3 heterocycles. The molecular weight excluding hydrogens is 579 g/mol. The normalized spacial score (nSPS) is 11.4. The van der Waals surface area contributed by atoms with Gasteiger partial charge in [0.1, 0.15) is 34.3 Å². The summed E-state index contributed by atoms with van der Waals surface area (Å²) >= 11 is 12.3. The van der Waals surface area contributed by atoms with Gasteiger partial charge in [-0.3, -0.25) is 23.5 Å². The third-order valence-corrected chi connectivity index (χ3v) is 7.13. The lowest BCUT2D eigenvalue weighted by Crippen LogP contribution is -2.24. The predicted molar refractivity (Wildman–Crippen MR) is 161 cm³/mol. The van der Waals surface area contributed by atoms with Gasteiger partial charge in [0.05, 0.1) is 16.4 Å². The van der Waals surface area contributed by atoms with Crippen LogP contribution in [0.3, 0.4) is 0 Å². The van der Waals surface area contributed by atoms with Crippen LogP contribution < -0.4 is 21.2 Å². The molecule has 12 heteroatoms. The quantitative estimate of drug-likeness (QED) is 0.204. The minimum Gasteiger partial charge on any atom is -0.437 e. The van der Waals surface area contributed by atoms with Gasteiger partial charge in [0.15, 0.2) is 0 Å². The van der Waals surface area contributed by atoms with Crippen LogP contribution in [0.5, 0.6) is 11.6 Å². The fourth-order valence-electron chi connectivity index (χ4n) is 4.34. The molecule has 0 saturated heterocycles. The van der Waals surface area contributed by atoms with Crippen molar-refractivity contribution in [1.82, 2.24) is 18.7 Å². The molecule has 210 valence electrons. The first-order valence-corrected chi connectivity index (χ1v) is 13.3. The van der Waals surface area contributed by atoms with Crippen LogP contribution in [0.2, 0.25) is 10.0 Å². The summed E-state index contributed by atoms with van der Waals surface area (Å²) in [6.45, 7) is 3.44. The summed E-state index contributed by atoms with van der Waals surface area (Å²) in [6, 6.07) is 18.7. The molecule has 0 fully saturated rings. The molecule has 5 rings (SSSR count). The average molecular weight is 601 g/mol. The number of nitrogens with one attached hydrogen (secondary N) is 1. The third kappa shape index (κ3) is 5.19. The molecule has 0 aliphatic heterocycles. The Balaban J connectivity index is 1.61. The summed E-state index contributed by atoms with van der Waals surface area (Å²) in [5.74, 6) is -0.918. The molecule has 0 atom stereocenters. The number of para-hydroxylation sites is 1. The van der Waals surface area contributed by atoms with E-state index in [1.54, 1.807) is 68.0 Å². The Morgan fingerprint density at radius 1 is 1.05 bits per heavy atom. The molecular formula is C30H22Cl2N6O4. The topological polar surface area (TPSA) is 123 Å². The number of hydrogen-bond donors (Lipinski definition) is 1. The number of ether oxygens (including phenoxy) is 1. The van der Waals surface area contributed by atoms with Gasteiger partial charge in [-0.25, -0.2) is 4.68 Å². The van der Waals surface area contributed by atoms with Crippen molar-refractivity contribution >= 4 is 46.5 Å². The molecule has 10 nitrogen and oxygen atoms in total. The Kier molecular flexibility index (Phi) is 7.72. The first-order valence-electron chi connectivity index (χ1n) is 12.5. The van der Waals surface area contributed by atoms with Gasteiger partial charge in [0, 0.05) is 18.3 Å². The summed E-state index contributed by atoms with van der Waals surface area (Å²) in [5, 5.41) is 13.0. The van der Waals surface area contributed by atoms with Crippen molar-refractivity contribution in [3.8, 4) is 23.4 Å². The number of nitrogens with zero attached hydrogens (tertiary/aromatic N) is 5. The number of aromatic nitrogens is 4. The largest absolute Gasteiger partial charge is 0.437 e. The number of pyridine rings is 1. The first-order chi connectivity index (χ1) is 20.1. The van der Waals surface area contributed by atoms with Gasteiger partial charge in [0.2, 0.25) is 5.88 Å². The second kappa shape index (κ2) is 11.4. The molecule has 3 aromatic heterocycles. The molecule has 0 saturated carbocycles. The van der Waals surface area contributed by atoms with Gasteiger partial charge in [0.25, 0.3) is 17.0 Å². The summed E-state index contributed by atoms with van der Waals surface area (Å²) in [4.78, 5) is 44.7. The van der Waals surface area contributed by atoms with Crippen molar-refractivity contribution in [1.29, 1.82) is 5.26 Å². The van der Waals surface area contributed by atoms with Crippen LogP contribution in [-0.4, -0.2) is 24.7 Å². The van der Waals surface area contributed by atoms with E-state index in [0.717, 1.165) is 6.08 Å². The van der Waals surface area contributed by atoms with Crippen LogP contribution in [0.15, 0.2) is 82.0 Å². The standard InChI is InChI=1S/C30H22Cl2N6O4/c1-17-8-7-13-37-26(17)35-28(42-24-12-11-20(31)15-23(24)32)22(29(37)40)14-19(16-33)27(39)34-25-18(2)36(3)38(30(25)41)21-9-5-4-6-10-21/h4-15H,1-3H3,(H,34,39). The highest BCUT2D eigenvalue weighted by molar-refractivity contribution is 6.35. The van der Waals surface area contributed by atoms with E-state index >= 15 is 0 Å². The number of carbonyl (C=O) groups is 1. The van der Waals surface area contributed by atoms with Crippen LogP contribution in [0.1, 0.15) is 16.8 Å². The monoisotopic (exact) mass is 600 g/mol. The fourth-order valence-corrected chi connectivity index (χ4v) is 4.79. The highest BCUT2D eigenvalue weighted by Gasteiger charge is 2.22. The van der Waals surface area contributed by atoms with E-state index < -0.39 is 22.6 Å². The highest BCUT2D eigenvalue weighted by atomic mass is 35.5. The van der Waals surface area contributed by atoms with E-state index in [9.17, 15) is 19.6 Å². The lowest BCUT2D eigenvalue weighted by atomic mass is 10.1. The van der Waals surface area contributed by atoms with Gasteiger partial charge < -0.3 is 10.1 Å². The minimum atomic E-state index is -0.896. The third-order valence-electron chi connectivity index (χ3n) is 6.60. The number of nitriles is 1. The van der Waals surface area contributed by atoms with Gasteiger partial charge in [-0.15, -0.1) is 0 Å². The smallest absolute Gasteiger partial charge is 0.295 e. The van der Waals surface area contributed by atoms with Gasteiger partial charge in [-0.1, -0.05) is 47.5 Å². The number of benzene rings is 2. The Labute approximate surface area is 249 Å². The lowest BCUT2D eigenvalue weighted by molar-refractivity contribution is -0.112. The first kappa shape index (κ1) is 28.4. The van der Waals surface area contributed by atoms with E-state index in [0.29, 0.717) is 27.6 Å². The Morgan fingerprint density at radius 3 is 2.48 bits per heavy atom. The van der Waals surface area contributed by atoms with Crippen LogP contribution in [0, 0.1) is 25.2 Å². The zero-order valence-electron chi connectivity index (χ0n) is 22.6. The second-order valence-corrected chi connectivity index (χ2v) is 10.1. The van der Waals surface area contributed by atoms with Gasteiger partial charge >= 0.3 is 0 Å². The van der Waals surface area contributed by atoms with Crippen molar-refractivity contribution in [3.63, 3.8) is 0 Å². The lowest BCUT2D eigenvalue weighted by Gasteiger charge is -2.12. The summed E-state index contributed by atoms with van der Waals surface area (Å²) in [6.07, 6.45) is 2.59. The fraction of sp³-hybridized carbons (Fsp3) is 0.100. The number of rotatable bonds is 6. The van der Waals surface area contributed by atoms with Crippen molar-refractivity contribution in [2.24, 2.45) is 7.05 Å². The molecule has 0 unspecified atom stereocenters. The summed E-state index contributed by atoms with van der Waals surface area (Å²) in [5.41, 5.74) is 0.318. The van der Waals surface area contributed by atoms with Crippen molar-refractivity contribution in [3.05, 3.63) is 120 Å². The zero-order valence-corrected chi connectivity index (χ0v) is 24.1. The van der Waals surface area contributed by atoms with Crippen molar-refractivity contribution in [2.45, 2.75) is 13.8 Å². The maximum Gasteiger partial charge on any atom is 0.295 e. The number of fused-ring (bicyclic) bond motifs is 1. The minimum absolute atomic E-state index is 0.0131. The Morgan fingerprint density at radius 2 is 1.79 bits per heavy atom. The summed E-state index contributed by atoms with van der Waals surface area (Å²) < 4.78 is 10.2. The van der Waals surface area contributed by atoms with Gasteiger partial charge in [-0.05, 0) is 61.9 Å². The zero-order chi connectivity index (χ0) is 30.1. The molecule has 0 aliphatic carbocycles. The molecule has 0 bridgehead atoms. The molecule has 1 amide bonds. The molecule has 5 aromatic rings. The second-order valence-electron chi connectivity index (χ2n) is 9.26. The van der Waals surface area contributed by atoms with Gasteiger partial charge in [-0.2, -0.15) is 10.2 Å². The molecule has 0 radical (unpaired) electrons. The number of amides is 1. The van der Waals surface area contributed by atoms with E-state index in [1.165, 1.54) is 27.4 Å².